The molecule has 0 spiro atoms. The third kappa shape index (κ3) is 11.8. The van der Waals surface area contributed by atoms with Crippen LogP contribution in [0.25, 0.3) is 11.4 Å². The fourth-order valence-electron chi connectivity index (χ4n) is 4.38. The van der Waals surface area contributed by atoms with Crippen molar-refractivity contribution in [1.82, 2.24) is 9.97 Å². The van der Waals surface area contributed by atoms with Crippen LogP contribution in [0.1, 0.15) is 128 Å². The summed E-state index contributed by atoms with van der Waals surface area (Å²) in [6.07, 6.45) is 28.3. The first kappa shape index (κ1) is 26.6. The molecule has 2 aromatic rings. The summed E-state index contributed by atoms with van der Waals surface area (Å²) < 4.78 is 0. The van der Waals surface area contributed by atoms with Crippen LogP contribution in [-0.2, 0) is 12.8 Å². The Hall–Kier alpha value is -1.70. The van der Waals surface area contributed by atoms with Crippen molar-refractivity contribution in [2.45, 2.75) is 129 Å². The van der Waals surface area contributed by atoms with Crippen molar-refractivity contribution in [3.8, 4) is 11.4 Å². The predicted molar refractivity (Wildman–Crippen MR) is 140 cm³/mol. The van der Waals surface area contributed by atoms with E-state index in [0.29, 0.717) is 0 Å². The van der Waals surface area contributed by atoms with Gasteiger partial charge in [0, 0.05) is 18.0 Å². The summed E-state index contributed by atoms with van der Waals surface area (Å²) in [6, 6.07) is 8.90. The Morgan fingerprint density at radius 2 is 0.875 bits per heavy atom. The van der Waals surface area contributed by atoms with Gasteiger partial charge in [0.05, 0.1) is 0 Å². The highest BCUT2D eigenvalue weighted by Gasteiger charge is 2.03. The van der Waals surface area contributed by atoms with E-state index in [1.807, 2.05) is 12.4 Å². The number of nitrogens with zero attached hydrogens (tertiary/aromatic N) is 2. The van der Waals surface area contributed by atoms with Crippen molar-refractivity contribution < 1.29 is 0 Å². The van der Waals surface area contributed by atoms with E-state index in [2.05, 4.69) is 48.1 Å². The average molecular weight is 437 g/mol. The summed E-state index contributed by atoms with van der Waals surface area (Å²) in [4.78, 5) is 9.25. The Balaban J connectivity index is 1.59. The van der Waals surface area contributed by atoms with Crippen LogP contribution in [-0.4, -0.2) is 9.97 Å². The molecule has 1 heterocycles. The number of benzene rings is 1. The van der Waals surface area contributed by atoms with Gasteiger partial charge in [-0.15, -0.1) is 0 Å². The molecule has 1 aromatic carbocycles. The maximum absolute atomic E-state index is 4.62. The van der Waals surface area contributed by atoms with Crippen LogP contribution in [0.3, 0.4) is 0 Å². The summed E-state index contributed by atoms with van der Waals surface area (Å²) in [5.41, 5.74) is 3.83. The third-order valence-corrected chi connectivity index (χ3v) is 6.56. The van der Waals surface area contributed by atoms with Crippen molar-refractivity contribution in [2.24, 2.45) is 0 Å². The summed E-state index contributed by atoms with van der Waals surface area (Å²) in [6.45, 7) is 4.56. The summed E-state index contributed by atoms with van der Waals surface area (Å²) >= 11 is 0. The van der Waals surface area contributed by atoms with E-state index in [1.54, 1.807) is 0 Å². The molecule has 178 valence electrons. The predicted octanol–water partition coefficient (Wildman–Crippen LogP) is 9.51. The molecule has 1 aromatic heterocycles. The van der Waals surface area contributed by atoms with Crippen molar-refractivity contribution in [3.63, 3.8) is 0 Å². The molecule has 0 aliphatic heterocycles. The van der Waals surface area contributed by atoms with Gasteiger partial charge in [0.15, 0.2) is 5.82 Å². The molecule has 32 heavy (non-hydrogen) atoms. The van der Waals surface area contributed by atoms with E-state index in [1.165, 1.54) is 120 Å². The molecule has 0 saturated heterocycles. The minimum atomic E-state index is 0.849. The molecule has 0 fully saturated rings. The van der Waals surface area contributed by atoms with Gasteiger partial charge in [-0.1, -0.05) is 128 Å². The molecule has 0 atom stereocenters. The molecule has 2 nitrogen and oxygen atoms in total. The lowest BCUT2D eigenvalue weighted by molar-refractivity contribution is 0.556. The molecule has 0 radical (unpaired) electrons. The molecular formula is C30H48N2. The van der Waals surface area contributed by atoms with Crippen LogP contribution in [0, 0.1) is 0 Å². The van der Waals surface area contributed by atoms with Crippen LogP contribution in [0.15, 0.2) is 36.7 Å². The highest BCUT2D eigenvalue weighted by atomic mass is 14.9. The fraction of sp³-hybridized carbons (Fsp3) is 0.667. The molecule has 0 aliphatic rings. The quantitative estimate of drug-likeness (QED) is 0.205. The Kier molecular flexibility index (Phi) is 14.8. The van der Waals surface area contributed by atoms with Crippen molar-refractivity contribution in [2.75, 3.05) is 0 Å². The van der Waals surface area contributed by atoms with Crippen LogP contribution in [0.4, 0.5) is 0 Å². The molecule has 0 saturated carbocycles. The first-order valence-electron chi connectivity index (χ1n) is 13.7. The average Bonchev–Trinajstić information content (AvgIpc) is 2.83. The molecular weight excluding hydrogens is 388 g/mol. The second kappa shape index (κ2) is 17.8. The normalized spacial score (nSPS) is 11.2. The van der Waals surface area contributed by atoms with Crippen LogP contribution in [0.2, 0.25) is 0 Å². The van der Waals surface area contributed by atoms with Crippen molar-refractivity contribution >= 4 is 0 Å². The minimum Gasteiger partial charge on any atom is -0.236 e. The Bertz CT molecular complexity index is 675. The lowest BCUT2D eigenvalue weighted by Crippen LogP contribution is -1.94. The summed E-state index contributed by atoms with van der Waals surface area (Å²) in [7, 11) is 0. The van der Waals surface area contributed by atoms with Crippen molar-refractivity contribution in [3.05, 3.63) is 47.8 Å². The molecule has 0 bridgehead atoms. The number of hydrogen-bond acceptors (Lipinski definition) is 2. The zero-order valence-corrected chi connectivity index (χ0v) is 21.1. The van der Waals surface area contributed by atoms with Gasteiger partial charge in [-0.05, 0) is 36.8 Å². The second-order valence-corrected chi connectivity index (χ2v) is 9.56. The topological polar surface area (TPSA) is 25.8 Å². The monoisotopic (exact) mass is 436 g/mol. The van der Waals surface area contributed by atoms with Gasteiger partial charge < -0.3 is 0 Å². The molecule has 2 rings (SSSR count). The van der Waals surface area contributed by atoms with E-state index >= 15 is 0 Å². The lowest BCUT2D eigenvalue weighted by Gasteiger charge is -2.06. The summed E-state index contributed by atoms with van der Waals surface area (Å²) in [5, 5.41) is 0. The lowest BCUT2D eigenvalue weighted by atomic mass is 10.0. The molecule has 0 N–H and O–H groups in total. The molecule has 0 unspecified atom stereocenters. The Morgan fingerprint density at radius 1 is 0.469 bits per heavy atom. The molecule has 0 aliphatic carbocycles. The van der Waals surface area contributed by atoms with Gasteiger partial charge in [-0.3, -0.25) is 0 Å². The Morgan fingerprint density at radius 3 is 1.34 bits per heavy atom. The van der Waals surface area contributed by atoms with E-state index in [4.69, 9.17) is 0 Å². The third-order valence-electron chi connectivity index (χ3n) is 6.56. The summed E-state index contributed by atoms with van der Waals surface area (Å²) in [5.74, 6) is 0.849. The number of aromatic nitrogens is 2. The maximum Gasteiger partial charge on any atom is 0.159 e. The largest absolute Gasteiger partial charge is 0.236 e. The standard InChI is InChI=1S/C30H48N2/c1-3-5-7-9-11-12-13-14-16-17-19-27-21-23-29(24-22-27)30-31-25-28(26-32-30)20-18-15-10-8-6-4-2/h21-26H,3-20H2,1-2H3. The Labute approximate surface area is 198 Å². The number of hydrogen-bond donors (Lipinski definition) is 0. The zero-order valence-electron chi connectivity index (χ0n) is 21.1. The maximum atomic E-state index is 4.62. The number of aryl methyl sites for hydroxylation is 2. The van der Waals surface area contributed by atoms with E-state index < -0.39 is 0 Å². The smallest absolute Gasteiger partial charge is 0.159 e. The van der Waals surface area contributed by atoms with Gasteiger partial charge in [-0.25, -0.2) is 9.97 Å². The fourth-order valence-corrected chi connectivity index (χ4v) is 4.38. The van der Waals surface area contributed by atoms with Crippen LogP contribution < -0.4 is 0 Å². The van der Waals surface area contributed by atoms with Gasteiger partial charge in [0.25, 0.3) is 0 Å². The van der Waals surface area contributed by atoms with E-state index in [-0.39, 0.29) is 0 Å². The van der Waals surface area contributed by atoms with Crippen molar-refractivity contribution in [1.29, 1.82) is 0 Å². The highest BCUT2D eigenvalue weighted by Crippen LogP contribution is 2.18. The van der Waals surface area contributed by atoms with Gasteiger partial charge in [0.1, 0.15) is 0 Å². The SMILES string of the molecule is CCCCCCCCCCCCc1ccc(-c2ncc(CCCCCCCC)cn2)cc1. The van der Waals surface area contributed by atoms with E-state index in [0.717, 1.165) is 17.8 Å². The zero-order chi connectivity index (χ0) is 22.7. The molecule has 0 amide bonds. The number of rotatable bonds is 19. The molecule has 2 heteroatoms. The first-order valence-corrected chi connectivity index (χ1v) is 13.7. The van der Waals surface area contributed by atoms with Gasteiger partial charge in [-0.2, -0.15) is 0 Å². The number of unbranched alkanes of at least 4 members (excludes halogenated alkanes) is 14. The van der Waals surface area contributed by atoms with Gasteiger partial charge in [0.2, 0.25) is 0 Å². The second-order valence-electron chi connectivity index (χ2n) is 9.56. The van der Waals surface area contributed by atoms with Crippen LogP contribution in [0.5, 0.6) is 0 Å². The van der Waals surface area contributed by atoms with Gasteiger partial charge >= 0.3 is 0 Å². The first-order chi connectivity index (χ1) is 15.8. The van der Waals surface area contributed by atoms with E-state index in [9.17, 15) is 0 Å². The minimum absolute atomic E-state index is 0.849. The highest BCUT2D eigenvalue weighted by molar-refractivity contribution is 5.55. The van der Waals surface area contributed by atoms with Crippen LogP contribution >= 0.6 is 0 Å².